The Morgan fingerprint density at radius 2 is 1.70 bits per heavy atom. The van der Waals surface area contributed by atoms with E-state index in [1.54, 1.807) is 17.5 Å². The molecule has 2 heterocycles. The molecule has 0 unspecified atom stereocenters. The molecule has 2 aromatic carbocycles. The fraction of sp³-hybridized carbons (Fsp3) is 0.100. The molecule has 0 aliphatic heterocycles. The summed E-state index contributed by atoms with van der Waals surface area (Å²) in [5.41, 5.74) is 2.54. The Bertz CT molecular complexity index is 1240. The van der Waals surface area contributed by atoms with Crippen LogP contribution in [0, 0.1) is 18.6 Å². The van der Waals surface area contributed by atoms with Crippen LogP contribution in [-0.2, 0) is 16.3 Å². The van der Waals surface area contributed by atoms with Crippen molar-refractivity contribution >= 4 is 32.1 Å². The number of aryl methyl sites for hydroxylation is 1. The normalized spacial score (nSPS) is 12.0. The Morgan fingerprint density at radius 1 is 1.00 bits per heavy atom. The van der Waals surface area contributed by atoms with Gasteiger partial charge >= 0.3 is 0 Å². The van der Waals surface area contributed by atoms with E-state index in [1.165, 1.54) is 35.6 Å². The lowest BCUT2D eigenvalue weighted by molar-refractivity contribution is 0.594. The smallest absolute Gasteiger partial charge is 0.207 e. The Hall–Kier alpha value is -2.51. The Balaban J connectivity index is 1.78. The zero-order valence-electron chi connectivity index (χ0n) is 14.3. The highest BCUT2D eigenvalue weighted by molar-refractivity contribution is 7.91. The number of rotatable bonds is 4. The molecule has 0 radical (unpaired) electrons. The number of benzene rings is 2. The van der Waals surface area contributed by atoms with Gasteiger partial charge in [0.1, 0.15) is 11.6 Å². The van der Waals surface area contributed by atoms with Gasteiger partial charge in [0.2, 0.25) is 9.84 Å². The monoisotopic (exact) mass is 403 g/mol. The predicted octanol–water partition coefficient (Wildman–Crippen LogP) is 5.24. The molecule has 0 spiro atoms. The molecule has 4 aromatic rings. The molecule has 7 heteroatoms. The third-order valence-electron chi connectivity index (χ3n) is 4.54. The zero-order chi connectivity index (χ0) is 19.2. The van der Waals surface area contributed by atoms with Gasteiger partial charge in [-0.3, -0.25) is 0 Å². The summed E-state index contributed by atoms with van der Waals surface area (Å²) in [6.45, 7) is 1.88. The van der Waals surface area contributed by atoms with Crippen LogP contribution in [0.1, 0.15) is 16.1 Å². The van der Waals surface area contributed by atoms with Crippen LogP contribution >= 0.6 is 11.3 Å². The Morgan fingerprint density at radius 3 is 2.44 bits per heavy atom. The minimum absolute atomic E-state index is 0.0465. The van der Waals surface area contributed by atoms with E-state index in [-0.39, 0.29) is 15.6 Å². The number of fused-ring (bicyclic) bond motifs is 1. The number of thiophene rings is 1. The van der Waals surface area contributed by atoms with Crippen molar-refractivity contribution in [1.82, 2.24) is 4.98 Å². The molecule has 138 valence electrons. The summed E-state index contributed by atoms with van der Waals surface area (Å²) in [5, 5.41) is 2.46. The third-order valence-corrected chi connectivity index (χ3v) is 7.44. The molecule has 1 N–H and O–H groups in total. The molecular weight excluding hydrogens is 388 g/mol. The minimum Gasteiger partial charge on any atom is -0.358 e. The lowest BCUT2D eigenvalue weighted by atomic mass is 10.1. The highest BCUT2D eigenvalue weighted by Gasteiger charge is 2.23. The fourth-order valence-electron chi connectivity index (χ4n) is 3.18. The average Bonchev–Trinajstić information content (AvgIpc) is 3.21. The van der Waals surface area contributed by atoms with Crippen molar-refractivity contribution in [3.05, 3.63) is 81.7 Å². The molecule has 2 aromatic heterocycles. The zero-order valence-corrected chi connectivity index (χ0v) is 15.9. The predicted molar refractivity (Wildman–Crippen MR) is 102 cm³/mol. The average molecular weight is 403 g/mol. The molecule has 0 fully saturated rings. The van der Waals surface area contributed by atoms with Crippen molar-refractivity contribution in [3.63, 3.8) is 0 Å². The van der Waals surface area contributed by atoms with Crippen LogP contribution in [0.5, 0.6) is 0 Å². The van der Waals surface area contributed by atoms with Crippen LogP contribution in [-0.4, -0.2) is 13.4 Å². The molecule has 0 saturated heterocycles. The molecule has 0 aliphatic carbocycles. The van der Waals surface area contributed by atoms with Gasteiger partial charge in [0, 0.05) is 27.9 Å². The van der Waals surface area contributed by atoms with Crippen molar-refractivity contribution in [3.8, 4) is 0 Å². The number of H-pyrrole nitrogens is 1. The summed E-state index contributed by atoms with van der Waals surface area (Å²) in [4.78, 5) is 4.11. The Kier molecular flexibility index (Phi) is 4.36. The molecule has 3 nitrogen and oxygen atoms in total. The second-order valence-electron chi connectivity index (χ2n) is 6.26. The van der Waals surface area contributed by atoms with Crippen molar-refractivity contribution < 1.29 is 17.2 Å². The topological polar surface area (TPSA) is 49.9 Å². The quantitative estimate of drug-likeness (QED) is 0.474. The maximum atomic E-state index is 13.7. The van der Waals surface area contributed by atoms with Crippen molar-refractivity contribution in [2.45, 2.75) is 23.1 Å². The molecule has 0 atom stereocenters. The molecule has 4 rings (SSSR count). The number of sulfone groups is 1. The van der Waals surface area contributed by atoms with E-state index in [0.29, 0.717) is 11.3 Å². The van der Waals surface area contributed by atoms with Gasteiger partial charge in [0.25, 0.3) is 0 Å². The molecule has 0 aliphatic rings. The fourth-order valence-corrected chi connectivity index (χ4v) is 5.89. The SMILES string of the molecule is Cc1[nH]c2ccc(F)cc2c1Cc1sccc1S(=O)(=O)c1ccc(F)cc1. The number of hydrogen-bond acceptors (Lipinski definition) is 3. The van der Waals surface area contributed by atoms with E-state index in [9.17, 15) is 17.2 Å². The van der Waals surface area contributed by atoms with Crippen molar-refractivity contribution in [1.29, 1.82) is 0 Å². The van der Waals surface area contributed by atoms with E-state index in [0.717, 1.165) is 34.3 Å². The molecule has 0 amide bonds. The van der Waals surface area contributed by atoms with Gasteiger partial charge in [-0.05, 0) is 66.4 Å². The van der Waals surface area contributed by atoms with Gasteiger partial charge in [0.15, 0.2) is 0 Å². The molecule has 27 heavy (non-hydrogen) atoms. The summed E-state index contributed by atoms with van der Waals surface area (Å²) in [6, 6.07) is 10.9. The first kappa shape index (κ1) is 17.9. The first-order chi connectivity index (χ1) is 12.9. The summed E-state index contributed by atoms with van der Waals surface area (Å²) in [7, 11) is -3.76. The largest absolute Gasteiger partial charge is 0.358 e. The highest BCUT2D eigenvalue weighted by Crippen LogP contribution is 2.33. The number of aromatic amines is 1. The third kappa shape index (κ3) is 3.17. The van der Waals surface area contributed by atoms with E-state index in [1.807, 2.05) is 6.92 Å². The van der Waals surface area contributed by atoms with E-state index < -0.39 is 15.7 Å². The van der Waals surface area contributed by atoms with Crippen molar-refractivity contribution in [2.75, 3.05) is 0 Å². The Labute approximate surface area is 159 Å². The van der Waals surface area contributed by atoms with Crippen LogP contribution in [0.2, 0.25) is 0 Å². The number of nitrogens with one attached hydrogen (secondary N) is 1. The minimum atomic E-state index is -3.76. The van der Waals surface area contributed by atoms with Gasteiger partial charge in [-0.15, -0.1) is 11.3 Å². The van der Waals surface area contributed by atoms with Gasteiger partial charge in [0.05, 0.1) is 9.79 Å². The lowest BCUT2D eigenvalue weighted by Crippen LogP contribution is -2.04. The molecular formula is C20H15F2NO2S2. The van der Waals surface area contributed by atoms with Crippen LogP contribution < -0.4 is 0 Å². The lowest BCUT2D eigenvalue weighted by Gasteiger charge is -2.07. The second kappa shape index (κ2) is 6.58. The standard InChI is InChI=1S/C20H15F2NO2S2/c1-12-16(17-10-14(22)4-7-18(17)23-12)11-19-20(8-9-26-19)27(24,25)15-5-2-13(21)3-6-15/h2-10,23H,11H2,1H3. The van der Waals surface area contributed by atoms with Crippen molar-refractivity contribution in [2.24, 2.45) is 0 Å². The first-order valence-corrected chi connectivity index (χ1v) is 10.6. The summed E-state index contributed by atoms with van der Waals surface area (Å²) in [6.07, 6.45) is 0.364. The van der Waals surface area contributed by atoms with E-state index >= 15 is 0 Å². The van der Waals surface area contributed by atoms with Crippen LogP contribution in [0.3, 0.4) is 0 Å². The van der Waals surface area contributed by atoms with Gasteiger partial charge in [-0.1, -0.05) is 0 Å². The molecule has 0 saturated carbocycles. The first-order valence-electron chi connectivity index (χ1n) is 8.20. The molecule has 0 bridgehead atoms. The number of hydrogen-bond donors (Lipinski definition) is 1. The van der Waals surface area contributed by atoms with E-state index in [4.69, 9.17) is 0 Å². The maximum absolute atomic E-state index is 13.7. The highest BCUT2D eigenvalue weighted by atomic mass is 32.2. The van der Waals surface area contributed by atoms with Gasteiger partial charge < -0.3 is 4.98 Å². The summed E-state index contributed by atoms with van der Waals surface area (Å²) < 4.78 is 52.8. The van der Waals surface area contributed by atoms with Gasteiger partial charge in [-0.25, -0.2) is 17.2 Å². The van der Waals surface area contributed by atoms with E-state index in [2.05, 4.69) is 4.98 Å². The summed E-state index contributed by atoms with van der Waals surface area (Å²) >= 11 is 1.33. The number of halogens is 2. The second-order valence-corrected chi connectivity index (χ2v) is 9.18. The van der Waals surface area contributed by atoms with Crippen LogP contribution in [0.15, 0.2) is 63.7 Å². The van der Waals surface area contributed by atoms with Crippen LogP contribution in [0.4, 0.5) is 8.78 Å². The van der Waals surface area contributed by atoms with Crippen LogP contribution in [0.25, 0.3) is 10.9 Å². The maximum Gasteiger partial charge on any atom is 0.207 e. The van der Waals surface area contributed by atoms with Gasteiger partial charge in [-0.2, -0.15) is 0 Å². The number of aromatic nitrogens is 1. The summed E-state index contributed by atoms with van der Waals surface area (Å²) in [5.74, 6) is -0.830.